The van der Waals surface area contributed by atoms with E-state index in [0.717, 1.165) is 49.4 Å². The number of carbonyl (C=O) groups is 2. The van der Waals surface area contributed by atoms with Gasteiger partial charge in [-0.15, -0.1) is 0 Å². The van der Waals surface area contributed by atoms with Crippen molar-refractivity contribution in [3.05, 3.63) is 60.2 Å². The number of methoxy groups -OCH3 is 1. The van der Waals surface area contributed by atoms with Crippen molar-refractivity contribution in [1.29, 1.82) is 0 Å². The highest BCUT2D eigenvalue weighted by Crippen LogP contribution is 2.40. The van der Waals surface area contributed by atoms with Crippen LogP contribution in [-0.4, -0.2) is 72.9 Å². The maximum absolute atomic E-state index is 13.5. The number of nitrogens with one attached hydrogen (secondary N) is 2. The molecular weight excluding hydrogens is 488 g/mol. The third kappa shape index (κ3) is 6.91. The Morgan fingerprint density at radius 2 is 1.73 bits per heavy atom. The lowest BCUT2D eigenvalue weighted by atomic mass is 9.78. The van der Waals surface area contributed by atoms with Crippen LogP contribution in [0.5, 0.6) is 5.75 Å². The molecule has 4 rings (SSSR count). The summed E-state index contributed by atoms with van der Waals surface area (Å²) >= 11 is 5.68. The van der Waals surface area contributed by atoms with E-state index in [1.165, 1.54) is 0 Å². The summed E-state index contributed by atoms with van der Waals surface area (Å²) in [5.74, 6) is 0.732. The van der Waals surface area contributed by atoms with E-state index in [-0.39, 0.29) is 17.9 Å². The molecule has 2 aliphatic heterocycles. The Labute approximate surface area is 224 Å². The molecule has 9 heteroatoms. The molecule has 8 nitrogen and oxygen atoms in total. The number of thiocarbonyl (C=S) groups is 1. The Balaban J connectivity index is 1.34. The van der Waals surface area contributed by atoms with Gasteiger partial charge in [0.05, 0.1) is 13.7 Å². The molecule has 2 aromatic carbocycles. The van der Waals surface area contributed by atoms with Crippen LogP contribution in [-0.2, 0) is 16.0 Å². The zero-order valence-corrected chi connectivity index (χ0v) is 22.4. The highest BCUT2D eigenvalue weighted by Gasteiger charge is 2.43. The van der Waals surface area contributed by atoms with Gasteiger partial charge in [0.15, 0.2) is 5.11 Å². The van der Waals surface area contributed by atoms with Crippen LogP contribution in [0.1, 0.15) is 31.7 Å². The molecule has 0 radical (unpaired) electrons. The van der Waals surface area contributed by atoms with Gasteiger partial charge in [-0.25, -0.2) is 4.79 Å². The van der Waals surface area contributed by atoms with Gasteiger partial charge in [-0.05, 0) is 61.5 Å². The largest absolute Gasteiger partial charge is 0.497 e. The smallest absolute Gasteiger partial charge is 0.407 e. The Kier molecular flexibility index (Phi) is 8.87. The maximum Gasteiger partial charge on any atom is 0.407 e. The molecule has 2 aromatic rings. The molecule has 0 unspecified atom stereocenters. The number of carbonyl (C=O) groups excluding carboxylic acids is 2. The molecule has 2 heterocycles. The summed E-state index contributed by atoms with van der Waals surface area (Å²) in [6, 6.07) is 16.8. The van der Waals surface area contributed by atoms with Crippen LogP contribution < -0.4 is 15.4 Å². The number of hydrogen-bond donors (Lipinski definition) is 2. The van der Waals surface area contributed by atoms with Crippen molar-refractivity contribution in [2.24, 2.45) is 5.41 Å². The van der Waals surface area contributed by atoms with Crippen molar-refractivity contribution >= 4 is 35.0 Å². The van der Waals surface area contributed by atoms with Gasteiger partial charge in [-0.2, -0.15) is 0 Å². The normalized spacial score (nSPS) is 17.2. The summed E-state index contributed by atoms with van der Waals surface area (Å²) < 4.78 is 10.4. The Bertz CT molecular complexity index is 1090. The van der Waals surface area contributed by atoms with Gasteiger partial charge in [0.25, 0.3) is 0 Å². The second-order valence-electron chi connectivity index (χ2n) is 9.77. The minimum Gasteiger partial charge on any atom is -0.497 e. The zero-order chi connectivity index (χ0) is 26.3. The number of anilines is 1. The molecular formula is C28H36N4O4S. The van der Waals surface area contributed by atoms with Gasteiger partial charge < -0.3 is 29.9 Å². The third-order valence-electron chi connectivity index (χ3n) is 7.33. The van der Waals surface area contributed by atoms with E-state index >= 15 is 0 Å². The Hall–Kier alpha value is -3.33. The molecule has 2 aliphatic rings. The summed E-state index contributed by atoms with van der Waals surface area (Å²) in [5, 5.41) is 6.82. The number of rotatable bonds is 7. The fourth-order valence-electron chi connectivity index (χ4n) is 5.20. The van der Waals surface area contributed by atoms with E-state index in [2.05, 4.69) is 15.5 Å². The van der Waals surface area contributed by atoms with E-state index in [1.54, 1.807) is 14.0 Å². The van der Waals surface area contributed by atoms with Crippen LogP contribution in [0, 0.1) is 5.41 Å². The third-order valence-corrected chi connectivity index (χ3v) is 7.69. The van der Waals surface area contributed by atoms with Crippen LogP contribution in [0.15, 0.2) is 54.6 Å². The number of likely N-dealkylation sites (tertiary alicyclic amines) is 2. The number of hydrogen-bond acceptors (Lipinski definition) is 5. The van der Waals surface area contributed by atoms with E-state index in [4.69, 9.17) is 21.7 Å². The van der Waals surface area contributed by atoms with Crippen molar-refractivity contribution < 1.29 is 19.1 Å². The molecule has 0 bridgehead atoms. The summed E-state index contributed by atoms with van der Waals surface area (Å²) in [7, 11) is 1.65. The van der Waals surface area contributed by atoms with Crippen LogP contribution in [0.25, 0.3) is 0 Å². The van der Waals surface area contributed by atoms with Crippen molar-refractivity contribution in [2.75, 3.05) is 45.2 Å². The van der Waals surface area contributed by atoms with Crippen LogP contribution in [0.2, 0.25) is 0 Å². The molecule has 2 N–H and O–H groups in total. The average molecular weight is 525 g/mol. The first-order chi connectivity index (χ1) is 17.9. The molecule has 2 saturated heterocycles. The van der Waals surface area contributed by atoms with E-state index in [9.17, 15) is 9.59 Å². The highest BCUT2D eigenvalue weighted by molar-refractivity contribution is 7.80. The van der Waals surface area contributed by atoms with Gasteiger partial charge in [0.2, 0.25) is 5.91 Å². The minimum absolute atomic E-state index is 0.0496. The minimum atomic E-state index is -0.656. The topological polar surface area (TPSA) is 83.1 Å². The van der Waals surface area contributed by atoms with Crippen LogP contribution in [0.4, 0.5) is 10.5 Å². The second kappa shape index (κ2) is 12.3. The number of ether oxygens (including phenoxy) is 2. The van der Waals surface area contributed by atoms with Gasteiger partial charge in [0.1, 0.15) is 11.8 Å². The zero-order valence-electron chi connectivity index (χ0n) is 21.6. The van der Waals surface area contributed by atoms with E-state index < -0.39 is 12.1 Å². The number of nitrogens with zero attached hydrogens (tertiary/aromatic N) is 2. The molecule has 1 spiro atoms. The summed E-state index contributed by atoms with van der Waals surface area (Å²) in [5.41, 5.74) is 1.98. The Morgan fingerprint density at radius 3 is 2.41 bits per heavy atom. The second-order valence-corrected chi connectivity index (χ2v) is 10.2. The van der Waals surface area contributed by atoms with Gasteiger partial charge in [-0.3, -0.25) is 4.79 Å². The lowest BCUT2D eigenvalue weighted by Gasteiger charge is -2.40. The lowest BCUT2D eigenvalue weighted by Crippen LogP contribution is -2.50. The maximum atomic E-state index is 13.5. The molecule has 2 amide bonds. The fraction of sp³-hybridized carbons (Fsp3) is 0.464. The summed E-state index contributed by atoms with van der Waals surface area (Å²) in [4.78, 5) is 29.9. The predicted molar refractivity (Wildman–Crippen MR) is 148 cm³/mol. The van der Waals surface area contributed by atoms with Gasteiger partial charge in [-0.1, -0.05) is 36.4 Å². The number of alkyl carbamates (subject to hydrolysis) is 1. The predicted octanol–water partition coefficient (Wildman–Crippen LogP) is 4.06. The molecule has 2 fully saturated rings. The van der Waals surface area contributed by atoms with Crippen molar-refractivity contribution in [2.45, 2.75) is 38.6 Å². The quantitative estimate of drug-likeness (QED) is 0.529. The van der Waals surface area contributed by atoms with Gasteiger partial charge in [0, 0.05) is 44.4 Å². The van der Waals surface area contributed by atoms with Crippen molar-refractivity contribution in [3.8, 4) is 5.75 Å². The highest BCUT2D eigenvalue weighted by atomic mass is 32.1. The van der Waals surface area contributed by atoms with Crippen molar-refractivity contribution in [3.63, 3.8) is 0 Å². The first-order valence-corrected chi connectivity index (χ1v) is 13.3. The summed E-state index contributed by atoms with van der Waals surface area (Å²) in [6.07, 6.45) is 2.76. The monoisotopic (exact) mass is 524 g/mol. The molecule has 1 atom stereocenters. The number of benzene rings is 2. The molecule has 37 heavy (non-hydrogen) atoms. The van der Waals surface area contributed by atoms with E-state index in [0.29, 0.717) is 24.6 Å². The molecule has 0 aromatic heterocycles. The number of amides is 2. The lowest BCUT2D eigenvalue weighted by molar-refractivity contribution is -0.132. The van der Waals surface area contributed by atoms with Gasteiger partial charge >= 0.3 is 6.09 Å². The van der Waals surface area contributed by atoms with Crippen molar-refractivity contribution in [1.82, 2.24) is 15.1 Å². The van der Waals surface area contributed by atoms with E-state index in [1.807, 2.05) is 59.5 Å². The molecule has 0 saturated carbocycles. The average Bonchev–Trinajstić information content (AvgIpc) is 3.32. The standard InChI is InChI=1S/C28H36N4O4S/c1-3-36-27(34)30-24(18-21-8-5-4-6-9-21)25(33)32-17-14-28(20-32)12-15-31(16-13-28)26(37)29-22-10-7-11-23(19-22)35-2/h4-11,19,24H,3,12-18,20H2,1-2H3,(H,29,37)(H,30,34)/t24-/m0/s1. The summed E-state index contributed by atoms with van der Waals surface area (Å²) in [6.45, 7) is 5.09. The van der Waals surface area contributed by atoms with Crippen LogP contribution >= 0.6 is 12.2 Å². The first kappa shape index (κ1) is 26.7. The molecule has 0 aliphatic carbocycles. The molecule has 198 valence electrons. The number of piperidine rings is 1. The fourth-order valence-corrected chi connectivity index (χ4v) is 5.50. The van der Waals surface area contributed by atoms with Crippen LogP contribution in [0.3, 0.4) is 0 Å². The first-order valence-electron chi connectivity index (χ1n) is 12.9. The SMILES string of the molecule is CCOC(=O)N[C@@H](Cc1ccccc1)C(=O)N1CCC2(CCN(C(=S)Nc3cccc(OC)c3)CC2)C1. The Morgan fingerprint density at radius 1 is 1.03 bits per heavy atom.